The van der Waals surface area contributed by atoms with E-state index in [-0.39, 0.29) is 5.16 Å². The van der Waals surface area contributed by atoms with Crippen LogP contribution in [0.1, 0.15) is 5.56 Å². The first-order valence-electron chi connectivity index (χ1n) is 8.12. The predicted molar refractivity (Wildman–Crippen MR) is 96.0 cm³/mol. The average Bonchev–Trinajstić information content (AvgIpc) is 3.21. The van der Waals surface area contributed by atoms with Crippen molar-refractivity contribution in [1.82, 2.24) is 20.2 Å². The van der Waals surface area contributed by atoms with Gasteiger partial charge in [-0.2, -0.15) is 4.68 Å². The molecule has 3 rings (SSSR count). The zero-order valence-electron chi connectivity index (χ0n) is 15.3. The number of tetrazole rings is 1. The van der Waals surface area contributed by atoms with Crippen molar-refractivity contribution >= 4 is 23.4 Å². The molecule has 3 aromatic rings. The normalized spacial score (nSPS) is 10.9. The third kappa shape index (κ3) is 4.06. The maximum atomic E-state index is 13.7. The van der Waals surface area contributed by atoms with Gasteiger partial charge in [-0.15, -0.1) is 5.10 Å². The van der Waals surface area contributed by atoms with E-state index < -0.39 is 46.4 Å². The number of thioether (sulfide) groups is 1. The molecule has 0 unspecified atom stereocenters. The zero-order valence-corrected chi connectivity index (χ0v) is 16.2. The number of anilines is 1. The largest absolute Gasteiger partial charge is 0.494 e. The van der Waals surface area contributed by atoms with Crippen molar-refractivity contribution in [3.8, 4) is 11.4 Å². The molecule has 0 fully saturated rings. The van der Waals surface area contributed by atoms with E-state index in [4.69, 9.17) is 4.74 Å². The molecule has 0 radical (unpaired) electrons. The van der Waals surface area contributed by atoms with Gasteiger partial charge in [-0.25, -0.2) is 22.0 Å². The van der Waals surface area contributed by atoms with Crippen molar-refractivity contribution in [1.29, 1.82) is 0 Å². The predicted octanol–water partition coefficient (Wildman–Crippen LogP) is 3.41. The number of amides is 1. The summed E-state index contributed by atoms with van der Waals surface area (Å²) in [6, 6.07) is 5.22. The fraction of sp³-hybridized carbons (Fsp3) is 0.176. The Morgan fingerprint density at radius 3 is 2.37 bits per heavy atom. The SMILES string of the molecule is COc1ccc(C)cc1-n1nnnc1SCC(=O)Nc1c(F)c(F)c(F)c(F)c1F. The summed E-state index contributed by atoms with van der Waals surface area (Å²) in [5.74, 6) is -12.0. The van der Waals surface area contributed by atoms with Crippen LogP contribution < -0.4 is 10.1 Å². The standard InChI is InChI=1S/C17H12F5N5O2S/c1-7-3-4-9(29-2)8(5-7)27-17(24-25-26-27)30-6-10(28)23-16-14(21)12(19)11(18)13(20)15(16)22/h3-5H,6H2,1-2H3,(H,23,28). The Morgan fingerprint density at radius 2 is 1.73 bits per heavy atom. The third-order valence-corrected chi connectivity index (χ3v) is 4.73. The summed E-state index contributed by atoms with van der Waals surface area (Å²) in [6.07, 6.45) is 0. The van der Waals surface area contributed by atoms with E-state index in [1.54, 1.807) is 23.5 Å². The monoisotopic (exact) mass is 445 g/mol. The lowest BCUT2D eigenvalue weighted by atomic mass is 10.2. The average molecular weight is 445 g/mol. The van der Waals surface area contributed by atoms with Gasteiger partial charge in [0.05, 0.1) is 12.9 Å². The number of aromatic nitrogens is 4. The minimum Gasteiger partial charge on any atom is -0.494 e. The Morgan fingerprint density at radius 1 is 1.10 bits per heavy atom. The van der Waals surface area contributed by atoms with E-state index in [9.17, 15) is 26.7 Å². The first-order chi connectivity index (χ1) is 14.2. The number of rotatable bonds is 6. The van der Waals surface area contributed by atoms with E-state index in [2.05, 4.69) is 15.5 Å². The number of hydrogen-bond acceptors (Lipinski definition) is 6. The summed E-state index contributed by atoms with van der Waals surface area (Å²) in [5.41, 5.74) is -0.0802. The zero-order chi connectivity index (χ0) is 22.0. The summed E-state index contributed by atoms with van der Waals surface area (Å²) in [5, 5.41) is 12.9. The highest BCUT2D eigenvalue weighted by molar-refractivity contribution is 7.99. The van der Waals surface area contributed by atoms with Gasteiger partial charge in [0.25, 0.3) is 0 Å². The van der Waals surface area contributed by atoms with E-state index >= 15 is 0 Å². The topological polar surface area (TPSA) is 81.9 Å². The number of methoxy groups -OCH3 is 1. The van der Waals surface area contributed by atoms with Crippen LogP contribution in [-0.4, -0.2) is 39.0 Å². The number of hydrogen-bond donors (Lipinski definition) is 1. The van der Waals surface area contributed by atoms with Gasteiger partial charge in [0.2, 0.25) is 16.9 Å². The number of ether oxygens (including phenoxy) is 1. The van der Waals surface area contributed by atoms with Crippen LogP contribution in [0, 0.1) is 36.0 Å². The molecule has 0 spiro atoms. The highest BCUT2D eigenvalue weighted by atomic mass is 32.2. The highest BCUT2D eigenvalue weighted by Crippen LogP contribution is 2.29. The van der Waals surface area contributed by atoms with Crippen LogP contribution in [0.25, 0.3) is 5.69 Å². The van der Waals surface area contributed by atoms with Crippen molar-refractivity contribution in [2.45, 2.75) is 12.1 Å². The second-order valence-electron chi connectivity index (χ2n) is 5.83. The lowest BCUT2D eigenvalue weighted by Gasteiger charge is -2.11. The number of benzene rings is 2. The van der Waals surface area contributed by atoms with E-state index in [1.165, 1.54) is 11.8 Å². The highest BCUT2D eigenvalue weighted by Gasteiger charge is 2.27. The lowest BCUT2D eigenvalue weighted by molar-refractivity contribution is -0.113. The van der Waals surface area contributed by atoms with Crippen molar-refractivity contribution in [3.63, 3.8) is 0 Å². The molecule has 0 bridgehead atoms. The molecule has 30 heavy (non-hydrogen) atoms. The minimum atomic E-state index is -2.32. The Labute approximate surface area is 170 Å². The van der Waals surface area contributed by atoms with Crippen LogP contribution >= 0.6 is 11.8 Å². The molecule has 0 saturated carbocycles. The maximum Gasteiger partial charge on any atom is 0.235 e. The van der Waals surface area contributed by atoms with Crippen LogP contribution in [0.15, 0.2) is 23.4 Å². The molecule has 1 heterocycles. The lowest BCUT2D eigenvalue weighted by Crippen LogP contribution is -2.18. The molecule has 0 aliphatic carbocycles. The second kappa shape index (κ2) is 8.65. The first kappa shape index (κ1) is 21.5. The van der Waals surface area contributed by atoms with Gasteiger partial charge in [0.1, 0.15) is 17.1 Å². The summed E-state index contributed by atoms with van der Waals surface area (Å²) in [6.45, 7) is 1.83. The number of carbonyl (C=O) groups excluding carboxylic acids is 1. The van der Waals surface area contributed by atoms with Crippen molar-refractivity contribution in [3.05, 3.63) is 52.8 Å². The second-order valence-corrected chi connectivity index (χ2v) is 6.77. The Balaban J connectivity index is 1.79. The Hall–Kier alpha value is -3.22. The maximum absolute atomic E-state index is 13.7. The molecule has 13 heteroatoms. The van der Waals surface area contributed by atoms with Gasteiger partial charge in [0, 0.05) is 0 Å². The molecule has 0 aliphatic heterocycles. The summed E-state index contributed by atoms with van der Waals surface area (Å²) >= 11 is 0.777. The van der Waals surface area contributed by atoms with E-state index in [0.717, 1.165) is 17.3 Å². The van der Waals surface area contributed by atoms with Crippen LogP contribution in [-0.2, 0) is 4.79 Å². The van der Waals surface area contributed by atoms with Gasteiger partial charge in [-0.3, -0.25) is 4.79 Å². The molecule has 0 aliphatic rings. The van der Waals surface area contributed by atoms with E-state index in [1.807, 2.05) is 6.92 Å². The minimum absolute atomic E-state index is 0.131. The molecular formula is C17H12F5N5O2S. The molecule has 0 atom stereocenters. The van der Waals surface area contributed by atoms with Crippen molar-refractivity contribution in [2.24, 2.45) is 0 Å². The number of halogens is 5. The smallest absolute Gasteiger partial charge is 0.235 e. The number of aryl methyl sites for hydroxylation is 1. The van der Waals surface area contributed by atoms with Gasteiger partial charge in [0.15, 0.2) is 23.3 Å². The number of nitrogens with zero attached hydrogens (tertiary/aromatic N) is 4. The van der Waals surface area contributed by atoms with Gasteiger partial charge < -0.3 is 10.1 Å². The van der Waals surface area contributed by atoms with Crippen LogP contribution in [0.5, 0.6) is 5.75 Å². The molecule has 158 valence electrons. The van der Waals surface area contributed by atoms with Crippen molar-refractivity contribution < 1.29 is 31.5 Å². The molecule has 2 aromatic carbocycles. The summed E-state index contributed by atoms with van der Waals surface area (Å²) in [4.78, 5) is 12.0. The van der Waals surface area contributed by atoms with Crippen LogP contribution in [0.2, 0.25) is 0 Å². The fourth-order valence-corrected chi connectivity index (χ4v) is 3.09. The Bertz CT molecular complexity index is 1100. The molecule has 1 aromatic heterocycles. The molecule has 0 saturated heterocycles. The number of carbonyl (C=O) groups is 1. The number of nitrogens with one attached hydrogen (secondary N) is 1. The molecule has 1 N–H and O–H groups in total. The van der Waals surface area contributed by atoms with Crippen molar-refractivity contribution in [2.75, 3.05) is 18.2 Å². The molecule has 1 amide bonds. The van der Waals surface area contributed by atoms with Gasteiger partial charge in [-0.05, 0) is 35.0 Å². The first-order valence-corrected chi connectivity index (χ1v) is 9.10. The third-order valence-electron chi connectivity index (χ3n) is 3.81. The summed E-state index contributed by atoms with van der Waals surface area (Å²) < 4.78 is 73.5. The van der Waals surface area contributed by atoms with E-state index in [0.29, 0.717) is 11.4 Å². The van der Waals surface area contributed by atoms with Gasteiger partial charge >= 0.3 is 0 Å². The fourth-order valence-electron chi connectivity index (χ4n) is 2.41. The van der Waals surface area contributed by atoms with Crippen LogP contribution in [0.3, 0.4) is 0 Å². The van der Waals surface area contributed by atoms with Crippen LogP contribution in [0.4, 0.5) is 27.6 Å². The van der Waals surface area contributed by atoms with Gasteiger partial charge in [-0.1, -0.05) is 17.8 Å². The molecule has 7 nitrogen and oxygen atoms in total. The summed E-state index contributed by atoms with van der Waals surface area (Å²) in [7, 11) is 1.45. The molecular weight excluding hydrogens is 433 g/mol. The Kier molecular flexibility index (Phi) is 6.20. The quantitative estimate of drug-likeness (QED) is 0.271.